The number of thiocarbonyl (C=S) groups is 1. The van der Waals surface area contributed by atoms with Crippen molar-refractivity contribution in [3.63, 3.8) is 0 Å². The van der Waals surface area contributed by atoms with Crippen molar-refractivity contribution in [1.29, 1.82) is 0 Å². The number of nitrogens with one attached hydrogen (secondary N) is 1. The molecule has 194 valence electrons. The highest BCUT2D eigenvalue weighted by atomic mass is 35.5. The van der Waals surface area contributed by atoms with Crippen LogP contribution in [0.25, 0.3) is 0 Å². The molecular weight excluding hydrogens is 520 g/mol. The molecule has 0 aromatic heterocycles. The van der Waals surface area contributed by atoms with E-state index >= 15 is 0 Å². The second-order valence-corrected chi connectivity index (χ2v) is 10.2. The number of hydrogen-bond donors (Lipinski definition) is 1. The van der Waals surface area contributed by atoms with E-state index in [1.807, 2.05) is 59.5 Å². The topological polar surface area (TPSA) is 73.0 Å². The summed E-state index contributed by atoms with van der Waals surface area (Å²) in [5.74, 6) is -0.361. The predicted octanol–water partition coefficient (Wildman–Crippen LogP) is 4.99. The molecule has 2 heterocycles. The van der Waals surface area contributed by atoms with Gasteiger partial charge in [0, 0.05) is 35.9 Å². The highest BCUT2D eigenvalue weighted by molar-refractivity contribution is 7.80. The minimum Gasteiger partial charge on any atom is -0.332 e. The highest BCUT2D eigenvalue weighted by Gasteiger charge is 2.43. The van der Waals surface area contributed by atoms with Crippen LogP contribution in [0.1, 0.15) is 30.4 Å². The number of carbonyl (C=O) groups excluding carboxylic acids is 3. The molecule has 2 saturated heterocycles. The molecule has 7 nitrogen and oxygen atoms in total. The number of carbonyl (C=O) groups is 3. The number of nitrogens with zero attached hydrogens (tertiary/aromatic N) is 3. The van der Waals surface area contributed by atoms with Crippen LogP contribution in [0, 0.1) is 0 Å². The molecule has 0 radical (unpaired) electrons. The van der Waals surface area contributed by atoms with E-state index in [0.29, 0.717) is 35.3 Å². The van der Waals surface area contributed by atoms with Crippen LogP contribution in [-0.2, 0) is 27.5 Å². The molecule has 3 amide bonds. The quantitative estimate of drug-likeness (QED) is 0.403. The zero-order chi connectivity index (χ0) is 26.6. The molecule has 0 bridgehead atoms. The van der Waals surface area contributed by atoms with Crippen LogP contribution in [0.3, 0.4) is 0 Å². The molecule has 1 N–H and O–H groups in total. The van der Waals surface area contributed by atoms with Gasteiger partial charge in [-0.25, -0.2) is 0 Å². The number of rotatable bonds is 8. The summed E-state index contributed by atoms with van der Waals surface area (Å²) in [7, 11) is 0. The fourth-order valence-corrected chi connectivity index (χ4v) is 5.27. The van der Waals surface area contributed by atoms with Gasteiger partial charge in [0.2, 0.25) is 11.8 Å². The monoisotopic (exact) mass is 546 g/mol. The first-order chi connectivity index (χ1) is 18.4. The van der Waals surface area contributed by atoms with Crippen molar-refractivity contribution in [2.24, 2.45) is 0 Å². The van der Waals surface area contributed by atoms with E-state index in [0.717, 1.165) is 29.8 Å². The van der Waals surface area contributed by atoms with E-state index in [9.17, 15) is 14.4 Å². The lowest BCUT2D eigenvalue weighted by Crippen LogP contribution is -2.37. The number of halogens is 1. The first kappa shape index (κ1) is 25.9. The normalized spacial score (nSPS) is 17.4. The highest BCUT2D eigenvalue weighted by Crippen LogP contribution is 2.27. The second kappa shape index (κ2) is 11.3. The van der Waals surface area contributed by atoms with E-state index in [2.05, 4.69) is 5.32 Å². The Labute approximate surface area is 232 Å². The summed E-state index contributed by atoms with van der Waals surface area (Å²) in [5, 5.41) is 3.81. The summed E-state index contributed by atoms with van der Waals surface area (Å²) in [4.78, 5) is 43.8. The smallest absolute Gasteiger partial charge is 0.252 e. The molecule has 9 heteroatoms. The number of amides is 3. The van der Waals surface area contributed by atoms with Gasteiger partial charge in [-0.15, -0.1) is 0 Å². The molecule has 2 aliphatic rings. The predicted molar refractivity (Wildman–Crippen MR) is 152 cm³/mol. The number of anilines is 2. The standard InChI is InChI=1S/C29H27ClN4O3S/c30-22-10-12-23(13-11-22)31-26(35)17-25-28(37)34(19-20-5-2-1-3-6-20)29(38)33(25)18-21-8-14-24(15-9-21)32-16-4-7-27(32)36/h1-3,5-6,8-15,25H,4,7,16-19H2,(H,31,35)/t25-/m0/s1. The average molecular weight is 547 g/mol. The Kier molecular flexibility index (Phi) is 7.72. The third-order valence-electron chi connectivity index (χ3n) is 6.77. The Hall–Kier alpha value is -3.75. The van der Waals surface area contributed by atoms with E-state index in [-0.39, 0.29) is 24.1 Å². The third-order valence-corrected chi connectivity index (χ3v) is 7.48. The minimum atomic E-state index is -0.738. The molecular formula is C29H27ClN4O3S. The zero-order valence-corrected chi connectivity index (χ0v) is 22.3. The SMILES string of the molecule is O=C(C[C@H]1C(=O)N(Cc2ccccc2)C(=S)N1Cc1ccc(N2CCCC2=O)cc1)Nc1ccc(Cl)cc1. The molecule has 0 saturated carbocycles. The largest absolute Gasteiger partial charge is 0.332 e. The van der Waals surface area contributed by atoms with Crippen molar-refractivity contribution in [3.05, 3.63) is 95.0 Å². The van der Waals surface area contributed by atoms with Crippen molar-refractivity contribution in [2.75, 3.05) is 16.8 Å². The molecule has 1 atom stereocenters. The van der Waals surface area contributed by atoms with E-state index in [1.54, 1.807) is 34.1 Å². The second-order valence-electron chi connectivity index (χ2n) is 9.41. The van der Waals surface area contributed by atoms with Crippen LogP contribution in [0.5, 0.6) is 0 Å². The fraction of sp³-hybridized carbons (Fsp3) is 0.241. The van der Waals surface area contributed by atoms with Gasteiger partial charge in [-0.1, -0.05) is 54.1 Å². The maximum atomic E-state index is 13.6. The number of benzene rings is 3. The molecule has 0 aliphatic carbocycles. The average Bonchev–Trinajstić information content (AvgIpc) is 3.44. The Morgan fingerprint density at radius 1 is 0.921 bits per heavy atom. The van der Waals surface area contributed by atoms with Gasteiger partial charge in [0.15, 0.2) is 5.11 Å². The van der Waals surface area contributed by atoms with Crippen LogP contribution in [0.2, 0.25) is 5.02 Å². The Morgan fingerprint density at radius 2 is 1.61 bits per heavy atom. The molecule has 2 aliphatic heterocycles. The summed E-state index contributed by atoms with van der Waals surface area (Å²) in [6.07, 6.45) is 1.39. The van der Waals surface area contributed by atoms with Crippen LogP contribution in [-0.4, -0.2) is 45.2 Å². The lowest BCUT2D eigenvalue weighted by Gasteiger charge is -2.24. The van der Waals surface area contributed by atoms with Crippen LogP contribution in [0.4, 0.5) is 11.4 Å². The molecule has 0 unspecified atom stereocenters. The molecule has 3 aromatic carbocycles. The minimum absolute atomic E-state index is 0.0484. The summed E-state index contributed by atoms with van der Waals surface area (Å²) >= 11 is 11.7. The van der Waals surface area contributed by atoms with E-state index < -0.39 is 6.04 Å². The maximum absolute atomic E-state index is 13.6. The van der Waals surface area contributed by atoms with Gasteiger partial charge in [-0.3, -0.25) is 19.3 Å². The number of hydrogen-bond acceptors (Lipinski definition) is 4. The van der Waals surface area contributed by atoms with Gasteiger partial charge in [0.05, 0.1) is 13.0 Å². The van der Waals surface area contributed by atoms with Crippen molar-refractivity contribution >= 4 is 58.0 Å². The van der Waals surface area contributed by atoms with Gasteiger partial charge in [-0.2, -0.15) is 0 Å². The molecule has 38 heavy (non-hydrogen) atoms. The van der Waals surface area contributed by atoms with Gasteiger partial charge < -0.3 is 15.1 Å². The van der Waals surface area contributed by atoms with Gasteiger partial charge in [-0.05, 0) is 66.2 Å². The van der Waals surface area contributed by atoms with Gasteiger partial charge >= 0.3 is 0 Å². The molecule has 3 aromatic rings. The Balaban J connectivity index is 1.35. The van der Waals surface area contributed by atoms with Gasteiger partial charge in [0.1, 0.15) is 6.04 Å². The van der Waals surface area contributed by atoms with Crippen molar-refractivity contribution in [1.82, 2.24) is 9.80 Å². The first-order valence-corrected chi connectivity index (χ1v) is 13.3. The van der Waals surface area contributed by atoms with Crippen LogP contribution < -0.4 is 10.2 Å². The lowest BCUT2D eigenvalue weighted by molar-refractivity contribution is -0.131. The molecule has 2 fully saturated rings. The van der Waals surface area contributed by atoms with Crippen molar-refractivity contribution < 1.29 is 14.4 Å². The van der Waals surface area contributed by atoms with E-state index in [1.165, 1.54) is 0 Å². The summed E-state index contributed by atoms with van der Waals surface area (Å²) in [5.41, 5.74) is 3.35. The maximum Gasteiger partial charge on any atom is 0.252 e. The summed E-state index contributed by atoms with van der Waals surface area (Å²) in [6, 6.07) is 23.5. The summed E-state index contributed by atoms with van der Waals surface area (Å²) < 4.78 is 0. The molecule has 0 spiro atoms. The zero-order valence-electron chi connectivity index (χ0n) is 20.7. The fourth-order valence-electron chi connectivity index (χ4n) is 4.80. The van der Waals surface area contributed by atoms with E-state index in [4.69, 9.17) is 23.8 Å². The van der Waals surface area contributed by atoms with Crippen LogP contribution >= 0.6 is 23.8 Å². The Morgan fingerprint density at radius 3 is 2.26 bits per heavy atom. The lowest BCUT2D eigenvalue weighted by atomic mass is 10.1. The van der Waals surface area contributed by atoms with Crippen molar-refractivity contribution in [3.8, 4) is 0 Å². The summed E-state index contributed by atoms with van der Waals surface area (Å²) in [6.45, 7) is 1.42. The third kappa shape index (κ3) is 5.71. The Bertz CT molecular complexity index is 1350. The van der Waals surface area contributed by atoms with Crippen LogP contribution in [0.15, 0.2) is 78.9 Å². The molecule has 5 rings (SSSR count). The van der Waals surface area contributed by atoms with Gasteiger partial charge in [0.25, 0.3) is 5.91 Å². The first-order valence-electron chi connectivity index (χ1n) is 12.5. The van der Waals surface area contributed by atoms with Crippen molar-refractivity contribution in [2.45, 2.75) is 38.4 Å².